The summed E-state index contributed by atoms with van der Waals surface area (Å²) in [5.74, 6) is -5.43. The van der Waals surface area contributed by atoms with Crippen molar-refractivity contribution in [2.75, 3.05) is 0 Å². The van der Waals surface area contributed by atoms with E-state index in [4.69, 9.17) is 33.2 Å². The van der Waals surface area contributed by atoms with E-state index in [1.807, 2.05) is 0 Å². The van der Waals surface area contributed by atoms with Gasteiger partial charge in [-0.3, -0.25) is 14.4 Å². The summed E-state index contributed by atoms with van der Waals surface area (Å²) in [7, 11) is 0. The molecule has 12 heteroatoms. The molecule has 0 unspecified atom stereocenters. The molecule has 1 saturated carbocycles. The number of carbonyl (C=O) groups excluding carboxylic acids is 5. The number of ether oxygens (including phenoxy) is 7. The van der Waals surface area contributed by atoms with Gasteiger partial charge in [0, 0.05) is 31.8 Å². The Kier molecular flexibility index (Phi) is 13.7. The highest BCUT2D eigenvalue weighted by Crippen LogP contribution is 2.62. The van der Waals surface area contributed by atoms with Crippen LogP contribution in [0.5, 0.6) is 0 Å². The van der Waals surface area contributed by atoms with Gasteiger partial charge in [0.15, 0.2) is 24.1 Å². The molecule has 0 bridgehead atoms. The molecule has 0 spiro atoms. The van der Waals surface area contributed by atoms with Crippen LogP contribution >= 0.6 is 0 Å². The lowest BCUT2D eigenvalue weighted by molar-refractivity contribution is -0.382. The standard InChI is InChI=1S/C41H62O12/c1-11-14-16-18-20-22-29(43)47-34-32-31(26(5)33(34)48-36(45)25(4)13-3)35-41(52-30(44)23-21-19-17-15-12-2)28(24-39(32,9)50-27(6)42)51-38(7,8)53-40(41,10)37(46)49-35/h13,28,32-35H,11-12,14-24H2,1-10H3/b25-13-/t28-,32+,33-,34-,35-,39-,40+,41+/m0/s1. The van der Waals surface area contributed by atoms with Crippen LogP contribution in [-0.2, 0) is 57.1 Å². The molecule has 0 N–H and O–H groups in total. The van der Waals surface area contributed by atoms with E-state index in [2.05, 4.69) is 13.8 Å². The van der Waals surface area contributed by atoms with Crippen LogP contribution in [0, 0.1) is 5.92 Å². The van der Waals surface area contributed by atoms with Crippen molar-refractivity contribution in [3.05, 3.63) is 22.8 Å². The SMILES string of the molecule is C/C=C(/C)C(=O)O[C@H]1C(C)=C2[C@H]([C@@H]1OC(=O)CCCCCCC)[C@@](C)(OC(C)=O)C[C@@H]1OC(C)(C)O[C@]3(C)C(=O)O[C@@H]2[C@]13OC(=O)CCCCCCC. The minimum atomic E-state index is -1.89. The fraction of sp³-hybridized carbons (Fsp3) is 0.780. The molecule has 4 rings (SSSR count). The highest BCUT2D eigenvalue weighted by molar-refractivity contribution is 5.89. The van der Waals surface area contributed by atoms with Crippen molar-refractivity contribution < 1.29 is 57.1 Å². The first-order valence-corrected chi connectivity index (χ1v) is 19.7. The van der Waals surface area contributed by atoms with Crippen LogP contribution in [0.2, 0.25) is 0 Å². The topological polar surface area (TPSA) is 150 Å². The maximum atomic E-state index is 14.2. The van der Waals surface area contributed by atoms with Crippen molar-refractivity contribution in [2.24, 2.45) is 5.92 Å². The van der Waals surface area contributed by atoms with Gasteiger partial charge in [-0.15, -0.1) is 0 Å². The molecule has 4 aliphatic rings. The van der Waals surface area contributed by atoms with Gasteiger partial charge in [-0.2, -0.15) is 0 Å². The minimum Gasteiger partial charge on any atom is -0.459 e. The monoisotopic (exact) mass is 746 g/mol. The zero-order valence-corrected chi connectivity index (χ0v) is 33.6. The molecule has 0 aromatic rings. The second-order valence-electron chi connectivity index (χ2n) is 16.0. The smallest absolute Gasteiger partial charge is 0.343 e. The molecule has 8 atom stereocenters. The van der Waals surface area contributed by atoms with Gasteiger partial charge in [0.2, 0.25) is 11.2 Å². The van der Waals surface area contributed by atoms with Crippen molar-refractivity contribution in [1.82, 2.24) is 0 Å². The Bertz CT molecular complexity index is 1460. The van der Waals surface area contributed by atoms with Crippen LogP contribution in [0.4, 0.5) is 0 Å². The molecule has 0 amide bonds. The first-order valence-electron chi connectivity index (χ1n) is 19.7. The van der Waals surface area contributed by atoms with Gasteiger partial charge >= 0.3 is 29.8 Å². The number of rotatable bonds is 17. The van der Waals surface area contributed by atoms with Crippen LogP contribution in [-0.4, -0.2) is 76.9 Å². The van der Waals surface area contributed by atoms with Gasteiger partial charge in [-0.25, -0.2) is 9.59 Å². The molecule has 0 aromatic heterocycles. The molecular formula is C41H62O12. The fourth-order valence-electron chi connectivity index (χ4n) is 8.75. The summed E-state index contributed by atoms with van der Waals surface area (Å²) in [5, 5.41) is 0. The largest absolute Gasteiger partial charge is 0.459 e. The van der Waals surface area contributed by atoms with Crippen molar-refractivity contribution >= 4 is 29.8 Å². The van der Waals surface area contributed by atoms with E-state index in [9.17, 15) is 24.0 Å². The highest BCUT2D eigenvalue weighted by Gasteiger charge is 2.81. The minimum absolute atomic E-state index is 0.0859. The number of esters is 5. The van der Waals surface area contributed by atoms with Crippen LogP contribution in [0.25, 0.3) is 0 Å². The number of fused-ring (bicyclic) bond motifs is 2. The molecule has 12 nitrogen and oxygen atoms in total. The number of hydrogen-bond acceptors (Lipinski definition) is 12. The molecule has 3 fully saturated rings. The quantitative estimate of drug-likeness (QED) is 0.0484. The summed E-state index contributed by atoms with van der Waals surface area (Å²) in [6.45, 7) is 17.1. The maximum absolute atomic E-state index is 14.2. The second kappa shape index (κ2) is 17.0. The van der Waals surface area contributed by atoms with E-state index in [1.54, 1.807) is 54.5 Å². The maximum Gasteiger partial charge on any atom is 0.343 e. The first kappa shape index (κ1) is 42.5. The average Bonchev–Trinajstić information content (AvgIpc) is 3.42. The lowest BCUT2D eigenvalue weighted by atomic mass is 9.73. The number of allylic oxidation sites excluding steroid dienone is 1. The molecule has 2 saturated heterocycles. The van der Waals surface area contributed by atoms with Crippen molar-refractivity contribution in [1.29, 1.82) is 0 Å². The Balaban J connectivity index is 1.90. The normalized spacial score (nSPS) is 33.0. The lowest BCUT2D eigenvalue weighted by Crippen LogP contribution is -2.73. The molecule has 0 aromatic carbocycles. The molecule has 2 heterocycles. The summed E-state index contributed by atoms with van der Waals surface area (Å²) in [5.41, 5.74) is -4.12. The van der Waals surface area contributed by atoms with Crippen LogP contribution in [0.3, 0.4) is 0 Å². The molecule has 53 heavy (non-hydrogen) atoms. The third-order valence-corrected chi connectivity index (χ3v) is 11.4. The number of unbranched alkanes of at least 4 members (excludes halogenated alkanes) is 8. The predicted octanol–water partition coefficient (Wildman–Crippen LogP) is 7.29. The first-order chi connectivity index (χ1) is 24.9. The third kappa shape index (κ3) is 8.53. The van der Waals surface area contributed by atoms with E-state index < -0.39 is 82.8 Å². The third-order valence-electron chi connectivity index (χ3n) is 11.4. The highest BCUT2D eigenvalue weighted by atomic mass is 16.8. The molecular weight excluding hydrogens is 684 g/mol. The van der Waals surface area contributed by atoms with Crippen LogP contribution in [0.1, 0.15) is 153 Å². The van der Waals surface area contributed by atoms with Crippen molar-refractivity contribution in [3.8, 4) is 0 Å². The Morgan fingerprint density at radius 2 is 1.42 bits per heavy atom. The van der Waals surface area contributed by atoms with Gasteiger partial charge in [0.25, 0.3) is 0 Å². The van der Waals surface area contributed by atoms with E-state index in [-0.39, 0.29) is 19.3 Å². The molecule has 2 aliphatic carbocycles. The predicted molar refractivity (Wildman–Crippen MR) is 194 cm³/mol. The Morgan fingerprint density at radius 1 is 0.830 bits per heavy atom. The van der Waals surface area contributed by atoms with Crippen LogP contribution < -0.4 is 0 Å². The van der Waals surface area contributed by atoms with Gasteiger partial charge < -0.3 is 33.2 Å². The van der Waals surface area contributed by atoms with Gasteiger partial charge in [0.05, 0.1) is 5.92 Å². The molecule has 2 aliphatic heterocycles. The Labute approximate surface area is 315 Å². The van der Waals surface area contributed by atoms with E-state index in [1.165, 1.54) is 6.92 Å². The van der Waals surface area contributed by atoms with Gasteiger partial charge in [0.1, 0.15) is 11.7 Å². The van der Waals surface area contributed by atoms with Gasteiger partial charge in [-0.05, 0) is 72.5 Å². The number of hydrogen-bond donors (Lipinski definition) is 0. The fourth-order valence-corrected chi connectivity index (χ4v) is 8.75. The molecule has 298 valence electrons. The van der Waals surface area contributed by atoms with E-state index in [0.29, 0.717) is 29.6 Å². The summed E-state index contributed by atoms with van der Waals surface area (Å²) in [6, 6.07) is 0. The zero-order valence-electron chi connectivity index (χ0n) is 33.6. The Morgan fingerprint density at radius 3 is 1.98 bits per heavy atom. The van der Waals surface area contributed by atoms with Crippen LogP contribution in [0.15, 0.2) is 22.8 Å². The van der Waals surface area contributed by atoms with E-state index in [0.717, 1.165) is 51.4 Å². The van der Waals surface area contributed by atoms with Crippen molar-refractivity contribution in [2.45, 2.75) is 200 Å². The van der Waals surface area contributed by atoms with Gasteiger partial charge in [-0.1, -0.05) is 71.3 Å². The zero-order chi connectivity index (χ0) is 39.4. The van der Waals surface area contributed by atoms with Crippen molar-refractivity contribution in [3.63, 3.8) is 0 Å². The lowest BCUT2D eigenvalue weighted by Gasteiger charge is -2.54. The summed E-state index contributed by atoms with van der Waals surface area (Å²) >= 11 is 0. The molecule has 0 radical (unpaired) electrons. The summed E-state index contributed by atoms with van der Waals surface area (Å²) < 4.78 is 44.4. The number of carbonyl (C=O) groups is 5. The summed E-state index contributed by atoms with van der Waals surface area (Å²) in [4.78, 5) is 68.1. The summed E-state index contributed by atoms with van der Waals surface area (Å²) in [6.07, 6.45) is 6.02. The second-order valence-corrected chi connectivity index (χ2v) is 16.0. The average molecular weight is 747 g/mol. The van der Waals surface area contributed by atoms with E-state index >= 15 is 0 Å². The Hall–Kier alpha value is -3.25.